The molecule has 0 aromatic carbocycles. The van der Waals surface area contributed by atoms with Gasteiger partial charge in [-0.1, -0.05) is 6.92 Å². The van der Waals surface area contributed by atoms with Gasteiger partial charge < -0.3 is 9.72 Å². The van der Waals surface area contributed by atoms with E-state index in [1.54, 1.807) is 13.8 Å². The molecule has 0 aliphatic heterocycles. The van der Waals surface area contributed by atoms with E-state index in [1.165, 1.54) is 13.0 Å². The van der Waals surface area contributed by atoms with Gasteiger partial charge in [-0.2, -0.15) is 0 Å². The van der Waals surface area contributed by atoms with Gasteiger partial charge in [-0.25, -0.2) is 4.79 Å². The monoisotopic (exact) mass is 237 g/mol. The van der Waals surface area contributed by atoms with Crippen LogP contribution in [0, 0.1) is 0 Å². The van der Waals surface area contributed by atoms with E-state index in [-0.39, 0.29) is 23.5 Å². The molecule has 1 aromatic heterocycles. The summed E-state index contributed by atoms with van der Waals surface area (Å²) in [6, 6.07) is 1.30. The zero-order valence-electron chi connectivity index (χ0n) is 10.1. The number of hydrogen-bond donors (Lipinski definition) is 1. The molecular formula is C12H15NO4. The van der Waals surface area contributed by atoms with Crippen molar-refractivity contribution in [2.45, 2.75) is 27.2 Å². The normalized spacial score (nSPS) is 10.1. The average Bonchev–Trinajstić information content (AvgIpc) is 2.28. The lowest BCUT2D eigenvalue weighted by Gasteiger charge is -2.08. The number of aromatic amines is 1. The summed E-state index contributed by atoms with van der Waals surface area (Å²) in [6.07, 6.45) is 0.488. The highest BCUT2D eigenvalue weighted by Crippen LogP contribution is 2.09. The Morgan fingerprint density at radius 2 is 1.94 bits per heavy atom. The molecule has 0 unspecified atom stereocenters. The zero-order valence-corrected chi connectivity index (χ0v) is 10.1. The second-order valence-electron chi connectivity index (χ2n) is 3.53. The van der Waals surface area contributed by atoms with E-state index in [0.29, 0.717) is 12.1 Å². The number of carbonyl (C=O) groups is 2. The van der Waals surface area contributed by atoms with Crippen molar-refractivity contribution in [3.8, 4) is 0 Å². The van der Waals surface area contributed by atoms with Gasteiger partial charge in [0.05, 0.1) is 17.7 Å². The van der Waals surface area contributed by atoms with Crippen LogP contribution in [-0.4, -0.2) is 23.3 Å². The van der Waals surface area contributed by atoms with E-state index in [2.05, 4.69) is 4.98 Å². The summed E-state index contributed by atoms with van der Waals surface area (Å²) in [5.74, 6) is -0.900. The standard InChI is InChI=1S/C12H15NO4/c1-4-10-9(12(16)17-5-2)6-8(7(3)14)11(15)13-10/h6H,4-5H2,1-3H3,(H,13,15). The maximum atomic E-state index is 11.7. The van der Waals surface area contributed by atoms with Crippen molar-refractivity contribution in [2.75, 3.05) is 6.61 Å². The molecular weight excluding hydrogens is 222 g/mol. The van der Waals surface area contributed by atoms with E-state index >= 15 is 0 Å². The summed E-state index contributed by atoms with van der Waals surface area (Å²) in [7, 11) is 0. The summed E-state index contributed by atoms with van der Waals surface area (Å²) in [4.78, 5) is 37.0. The third-order valence-corrected chi connectivity index (χ3v) is 2.35. The minimum absolute atomic E-state index is 0.0229. The first kappa shape index (κ1) is 13.2. The van der Waals surface area contributed by atoms with E-state index in [4.69, 9.17) is 4.74 Å². The summed E-state index contributed by atoms with van der Waals surface area (Å²) in [5, 5.41) is 0. The fraction of sp³-hybridized carbons (Fsp3) is 0.417. The summed E-state index contributed by atoms with van der Waals surface area (Å²) in [5.41, 5.74) is 0.241. The zero-order chi connectivity index (χ0) is 13.0. The van der Waals surface area contributed by atoms with Crippen LogP contribution >= 0.6 is 0 Å². The second kappa shape index (κ2) is 5.43. The van der Waals surface area contributed by atoms with Gasteiger partial charge in [0.25, 0.3) is 5.56 Å². The molecule has 0 aliphatic carbocycles. The van der Waals surface area contributed by atoms with Gasteiger partial charge in [-0.05, 0) is 26.3 Å². The van der Waals surface area contributed by atoms with Gasteiger partial charge in [0, 0.05) is 5.69 Å². The number of aromatic nitrogens is 1. The van der Waals surface area contributed by atoms with Crippen LogP contribution in [0.3, 0.4) is 0 Å². The van der Waals surface area contributed by atoms with E-state index in [9.17, 15) is 14.4 Å². The smallest absolute Gasteiger partial charge is 0.339 e. The maximum Gasteiger partial charge on any atom is 0.339 e. The highest BCUT2D eigenvalue weighted by molar-refractivity contribution is 5.97. The average molecular weight is 237 g/mol. The molecule has 0 amide bonds. The van der Waals surface area contributed by atoms with E-state index in [0.717, 1.165) is 0 Å². The molecule has 1 aromatic rings. The van der Waals surface area contributed by atoms with Crippen molar-refractivity contribution in [1.29, 1.82) is 0 Å². The van der Waals surface area contributed by atoms with Crippen LogP contribution in [-0.2, 0) is 11.2 Å². The van der Waals surface area contributed by atoms with Gasteiger partial charge in [-0.3, -0.25) is 9.59 Å². The third-order valence-electron chi connectivity index (χ3n) is 2.35. The topological polar surface area (TPSA) is 76.2 Å². The minimum atomic E-state index is -0.525. The SMILES string of the molecule is CCOC(=O)c1cc(C(C)=O)c(=O)[nH]c1CC. The first-order valence-corrected chi connectivity index (χ1v) is 5.45. The first-order chi connectivity index (χ1) is 8.01. The molecule has 0 saturated heterocycles. The molecule has 1 rings (SSSR count). The summed E-state index contributed by atoms with van der Waals surface area (Å²) in [6.45, 7) is 5.03. The molecule has 0 bridgehead atoms. The van der Waals surface area contributed by atoms with Crippen LogP contribution < -0.4 is 5.56 Å². The quantitative estimate of drug-likeness (QED) is 0.633. The molecule has 5 heteroatoms. The van der Waals surface area contributed by atoms with Gasteiger partial charge in [0.2, 0.25) is 0 Å². The van der Waals surface area contributed by atoms with Crippen LogP contribution in [0.1, 0.15) is 47.2 Å². The Morgan fingerprint density at radius 1 is 1.29 bits per heavy atom. The highest BCUT2D eigenvalue weighted by Gasteiger charge is 2.16. The van der Waals surface area contributed by atoms with Crippen molar-refractivity contribution in [2.24, 2.45) is 0 Å². The van der Waals surface area contributed by atoms with Crippen LogP contribution in [0.5, 0.6) is 0 Å². The van der Waals surface area contributed by atoms with Crippen LogP contribution in [0.2, 0.25) is 0 Å². The number of aryl methyl sites for hydroxylation is 1. The maximum absolute atomic E-state index is 11.7. The van der Waals surface area contributed by atoms with E-state index < -0.39 is 11.5 Å². The van der Waals surface area contributed by atoms with E-state index in [1.807, 2.05) is 0 Å². The number of esters is 1. The molecule has 0 fully saturated rings. The molecule has 17 heavy (non-hydrogen) atoms. The van der Waals surface area contributed by atoms with Crippen LogP contribution in [0.4, 0.5) is 0 Å². The van der Waals surface area contributed by atoms with Crippen molar-refractivity contribution in [3.63, 3.8) is 0 Å². The Hall–Kier alpha value is -1.91. The lowest BCUT2D eigenvalue weighted by molar-refractivity contribution is 0.0524. The Kier molecular flexibility index (Phi) is 4.20. The first-order valence-electron chi connectivity index (χ1n) is 5.45. The van der Waals surface area contributed by atoms with Crippen LogP contribution in [0.15, 0.2) is 10.9 Å². The highest BCUT2D eigenvalue weighted by atomic mass is 16.5. The number of carbonyl (C=O) groups excluding carboxylic acids is 2. The molecule has 1 N–H and O–H groups in total. The van der Waals surface area contributed by atoms with Gasteiger partial charge in [-0.15, -0.1) is 0 Å². The number of ketones is 1. The Labute approximate surface area is 98.8 Å². The summed E-state index contributed by atoms with van der Waals surface area (Å²) < 4.78 is 4.87. The fourth-order valence-electron chi connectivity index (χ4n) is 1.50. The van der Waals surface area contributed by atoms with Crippen molar-refractivity contribution < 1.29 is 14.3 Å². The van der Waals surface area contributed by atoms with Gasteiger partial charge >= 0.3 is 5.97 Å². The predicted molar refractivity (Wildman–Crippen MR) is 62.4 cm³/mol. The lowest BCUT2D eigenvalue weighted by Crippen LogP contribution is -2.21. The molecule has 0 saturated carbocycles. The molecule has 0 radical (unpaired) electrons. The fourth-order valence-corrected chi connectivity index (χ4v) is 1.50. The predicted octanol–water partition coefficient (Wildman–Crippen LogP) is 1.32. The molecule has 0 atom stereocenters. The Balaban J connectivity index is 3.36. The van der Waals surface area contributed by atoms with Crippen molar-refractivity contribution >= 4 is 11.8 Å². The molecule has 1 heterocycles. The number of H-pyrrole nitrogens is 1. The number of nitrogens with one attached hydrogen (secondary N) is 1. The van der Waals surface area contributed by atoms with Crippen LogP contribution in [0.25, 0.3) is 0 Å². The Morgan fingerprint density at radius 3 is 2.41 bits per heavy atom. The molecule has 0 aliphatic rings. The summed E-state index contributed by atoms with van der Waals surface area (Å²) >= 11 is 0. The largest absolute Gasteiger partial charge is 0.462 e. The minimum Gasteiger partial charge on any atom is -0.462 e. The number of hydrogen-bond acceptors (Lipinski definition) is 4. The van der Waals surface area contributed by atoms with Crippen molar-refractivity contribution in [1.82, 2.24) is 4.98 Å². The molecule has 92 valence electrons. The molecule has 5 nitrogen and oxygen atoms in total. The van der Waals surface area contributed by atoms with Gasteiger partial charge in [0.1, 0.15) is 0 Å². The number of ether oxygens (including phenoxy) is 1. The number of Topliss-reactive ketones (excluding diaryl/α,β-unsaturated/α-hetero) is 1. The molecule has 0 spiro atoms. The second-order valence-corrected chi connectivity index (χ2v) is 3.53. The third kappa shape index (κ3) is 2.81. The number of rotatable bonds is 4. The number of pyridine rings is 1. The van der Waals surface area contributed by atoms with Gasteiger partial charge in [0.15, 0.2) is 5.78 Å². The lowest BCUT2D eigenvalue weighted by atomic mass is 10.1. The van der Waals surface area contributed by atoms with Crippen molar-refractivity contribution in [3.05, 3.63) is 33.2 Å². The Bertz CT molecular complexity index is 502.